The summed E-state index contributed by atoms with van der Waals surface area (Å²) < 4.78 is 5.82. The Labute approximate surface area is 148 Å². The van der Waals surface area contributed by atoms with Crippen LogP contribution < -0.4 is 11.1 Å². The normalized spacial score (nSPS) is 26.4. The minimum absolute atomic E-state index is 0.0214. The van der Waals surface area contributed by atoms with Gasteiger partial charge in [0.1, 0.15) is 0 Å². The predicted octanol–water partition coefficient (Wildman–Crippen LogP) is 4.07. The summed E-state index contributed by atoms with van der Waals surface area (Å²) in [6, 6.07) is 7.72. The van der Waals surface area contributed by atoms with Crippen LogP contribution in [0.1, 0.15) is 57.3 Å². The van der Waals surface area contributed by atoms with Crippen molar-refractivity contribution in [2.75, 3.05) is 5.32 Å². The molecule has 2 fully saturated rings. The summed E-state index contributed by atoms with van der Waals surface area (Å²) in [7, 11) is 0. The van der Waals surface area contributed by atoms with E-state index in [0.717, 1.165) is 48.6 Å². The first-order valence-corrected chi connectivity index (χ1v) is 9.19. The van der Waals surface area contributed by atoms with Crippen LogP contribution in [-0.2, 0) is 4.79 Å². The predicted molar refractivity (Wildman–Crippen MR) is 97.1 cm³/mol. The molecule has 0 aliphatic heterocycles. The lowest BCUT2D eigenvalue weighted by molar-refractivity contribution is -0.122. The van der Waals surface area contributed by atoms with Crippen LogP contribution in [0.2, 0.25) is 0 Å². The minimum atomic E-state index is -0.415. The van der Waals surface area contributed by atoms with Crippen molar-refractivity contribution in [1.82, 2.24) is 4.98 Å². The first-order chi connectivity index (χ1) is 12.0. The molecule has 1 amide bonds. The number of aromatic nitrogens is 1. The maximum Gasteiger partial charge on any atom is 0.229 e. The molecule has 2 aliphatic rings. The standard InChI is InChI=1S/C20H25N3O2/c1-20(21)11-3-2-4-16(20)18(24)23-15-9-7-13(8-10-15)17-12-22-19(25-17)14-5-6-14/h7-10,12,14,16H,2-6,11,21H2,1H3,(H,23,24). The molecule has 0 saturated heterocycles. The molecule has 2 unspecified atom stereocenters. The summed E-state index contributed by atoms with van der Waals surface area (Å²) >= 11 is 0. The lowest BCUT2D eigenvalue weighted by Crippen LogP contribution is -2.51. The second-order valence-electron chi connectivity index (χ2n) is 7.71. The lowest BCUT2D eigenvalue weighted by Gasteiger charge is -2.37. The molecule has 1 aromatic heterocycles. The van der Waals surface area contributed by atoms with Gasteiger partial charge in [-0.15, -0.1) is 0 Å². The van der Waals surface area contributed by atoms with Crippen LogP contribution in [0.3, 0.4) is 0 Å². The van der Waals surface area contributed by atoms with Crippen LogP contribution >= 0.6 is 0 Å². The number of rotatable bonds is 4. The highest BCUT2D eigenvalue weighted by molar-refractivity contribution is 5.93. The van der Waals surface area contributed by atoms with Crippen molar-refractivity contribution < 1.29 is 9.21 Å². The Kier molecular flexibility index (Phi) is 4.12. The van der Waals surface area contributed by atoms with Gasteiger partial charge < -0.3 is 15.5 Å². The number of anilines is 1. The summed E-state index contributed by atoms with van der Waals surface area (Å²) in [5, 5.41) is 3.01. The molecule has 132 valence electrons. The van der Waals surface area contributed by atoms with Crippen molar-refractivity contribution in [2.45, 2.75) is 56.9 Å². The highest BCUT2D eigenvalue weighted by Gasteiger charge is 2.37. The Hall–Kier alpha value is -2.14. The monoisotopic (exact) mass is 339 g/mol. The SMILES string of the molecule is CC1(N)CCCCC1C(=O)Nc1ccc(-c2cnc(C3CC3)o2)cc1. The summed E-state index contributed by atoms with van der Waals surface area (Å²) in [5.41, 5.74) is 7.67. The molecule has 0 radical (unpaired) electrons. The van der Waals surface area contributed by atoms with Crippen LogP contribution in [-0.4, -0.2) is 16.4 Å². The fourth-order valence-electron chi connectivity index (χ4n) is 3.68. The number of hydrogen-bond donors (Lipinski definition) is 2. The summed E-state index contributed by atoms with van der Waals surface area (Å²) in [6.45, 7) is 1.99. The van der Waals surface area contributed by atoms with Gasteiger partial charge in [-0.25, -0.2) is 4.98 Å². The molecule has 3 N–H and O–H groups in total. The molecular weight excluding hydrogens is 314 g/mol. The molecule has 4 rings (SSSR count). The zero-order valence-corrected chi connectivity index (χ0v) is 14.6. The van der Waals surface area contributed by atoms with E-state index in [1.807, 2.05) is 31.2 Å². The number of nitrogens with one attached hydrogen (secondary N) is 1. The number of hydrogen-bond acceptors (Lipinski definition) is 4. The quantitative estimate of drug-likeness (QED) is 0.880. The minimum Gasteiger partial charge on any atom is -0.440 e. The number of nitrogens with zero attached hydrogens (tertiary/aromatic N) is 1. The number of oxazole rings is 1. The van der Waals surface area contributed by atoms with Gasteiger partial charge >= 0.3 is 0 Å². The van der Waals surface area contributed by atoms with Crippen molar-refractivity contribution in [3.63, 3.8) is 0 Å². The Bertz CT molecular complexity index is 760. The second-order valence-corrected chi connectivity index (χ2v) is 7.71. The van der Waals surface area contributed by atoms with Gasteiger partial charge in [0.2, 0.25) is 5.91 Å². The average Bonchev–Trinajstić information content (AvgIpc) is 3.32. The van der Waals surface area contributed by atoms with Crippen molar-refractivity contribution in [3.8, 4) is 11.3 Å². The highest BCUT2D eigenvalue weighted by atomic mass is 16.4. The summed E-state index contributed by atoms with van der Waals surface area (Å²) in [5.74, 6) is 2.02. The second kappa shape index (κ2) is 6.30. The van der Waals surface area contributed by atoms with Crippen LogP contribution in [0.5, 0.6) is 0 Å². The van der Waals surface area contributed by atoms with E-state index in [1.54, 1.807) is 6.20 Å². The molecule has 1 aromatic carbocycles. The average molecular weight is 339 g/mol. The number of nitrogens with two attached hydrogens (primary N) is 1. The third-order valence-corrected chi connectivity index (χ3v) is 5.46. The fourth-order valence-corrected chi connectivity index (χ4v) is 3.68. The zero-order valence-electron chi connectivity index (χ0n) is 14.6. The van der Waals surface area contributed by atoms with Crippen LogP contribution in [0.25, 0.3) is 11.3 Å². The first kappa shape index (κ1) is 16.3. The highest BCUT2D eigenvalue weighted by Crippen LogP contribution is 2.40. The number of carbonyl (C=O) groups is 1. The van der Waals surface area contributed by atoms with Gasteiger partial charge in [-0.3, -0.25) is 4.79 Å². The molecule has 5 nitrogen and oxygen atoms in total. The summed E-state index contributed by atoms with van der Waals surface area (Å²) in [4.78, 5) is 17.0. The van der Waals surface area contributed by atoms with Gasteiger partial charge in [0.15, 0.2) is 11.7 Å². The van der Waals surface area contributed by atoms with Crippen molar-refractivity contribution >= 4 is 11.6 Å². The van der Waals surface area contributed by atoms with Gasteiger partial charge in [-0.2, -0.15) is 0 Å². The van der Waals surface area contributed by atoms with Gasteiger partial charge in [0.05, 0.1) is 12.1 Å². The van der Waals surface area contributed by atoms with E-state index in [2.05, 4.69) is 10.3 Å². The Morgan fingerprint density at radius 1 is 1.24 bits per heavy atom. The maximum absolute atomic E-state index is 12.6. The van der Waals surface area contributed by atoms with E-state index in [4.69, 9.17) is 10.2 Å². The van der Waals surface area contributed by atoms with E-state index < -0.39 is 5.54 Å². The third kappa shape index (κ3) is 3.47. The number of amides is 1. The Morgan fingerprint density at radius 2 is 2.00 bits per heavy atom. The topological polar surface area (TPSA) is 81.2 Å². The molecule has 2 aromatic rings. The Morgan fingerprint density at radius 3 is 2.68 bits per heavy atom. The molecule has 0 spiro atoms. The van der Waals surface area contributed by atoms with E-state index in [-0.39, 0.29) is 11.8 Å². The third-order valence-electron chi connectivity index (χ3n) is 5.46. The molecule has 2 atom stereocenters. The van der Waals surface area contributed by atoms with Crippen molar-refractivity contribution in [1.29, 1.82) is 0 Å². The number of benzene rings is 1. The van der Waals surface area contributed by atoms with Gasteiger partial charge in [0, 0.05) is 22.7 Å². The molecule has 0 bridgehead atoms. The molecule has 2 aliphatic carbocycles. The van der Waals surface area contributed by atoms with E-state index in [9.17, 15) is 4.79 Å². The molecule has 25 heavy (non-hydrogen) atoms. The van der Waals surface area contributed by atoms with E-state index >= 15 is 0 Å². The van der Waals surface area contributed by atoms with Crippen molar-refractivity contribution in [3.05, 3.63) is 36.4 Å². The van der Waals surface area contributed by atoms with Crippen molar-refractivity contribution in [2.24, 2.45) is 11.7 Å². The molecular formula is C20H25N3O2. The molecule has 2 saturated carbocycles. The number of carbonyl (C=O) groups excluding carboxylic acids is 1. The van der Waals surface area contributed by atoms with E-state index in [1.165, 1.54) is 12.8 Å². The van der Waals surface area contributed by atoms with Gasteiger partial charge in [0.25, 0.3) is 0 Å². The van der Waals surface area contributed by atoms with Gasteiger partial charge in [-0.1, -0.05) is 12.8 Å². The van der Waals surface area contributed by atoms with Crippen LogP contribution in [0, 0.1) is 5.92 Å². The fraction of sp³-hybridized carbons (Fsp3) is 0.500. The van der Waals surface area contributed by atoms with Gasteiger partial charge in [-0.05, 0) is 56.9 Å². The van der Waals surface area contributed by atoms with Crippen LogP contribution in [0.15, 0.2) is 34.9 Å². The van der Waals surface area contributed by atoms with E-state index in [0.29, 0.717) is 5.92 Å². The van der Waals surface area contributed by atoms with Crippen LogP contribution in [0.4, 0.5) is 5.69 Å². The first-order valence-electron chi connectivity index (χ1n) is 9.19. The summed E-state index contributed by atoms with van der Waals surface area (Å²) in [6.07, 6.45) is 8.06. The smallest absolute Gasteiger partial charge is 0.229 e. The Balaban J connectivity index is 1.43. The molecule has 5 heteroatoms. The maximum atomic E-state index is 12.6. The zero-order chi connectivity index (χ0) is 17.4. The lowest BCUT2D eigenvalue weighted by atomic mass is 9.74. The molecule has 1 heterocycles. The largest absolute Gasteiger partial charge is 0.440 e.